The summed E-state index contributed by atoms with van der Waals surface area (Å²) in [7, 11) is 0.189. The van der Waals surface area contributed by atoms with Gasteiger partial charge in [0.25, 0.3) is 0 Å². The number of rotatable bonds is 10. The van der Waals surface area contributed by atoms with Gasteiger partial charge in [-0.1, -0.05) is 37.8 Å². The van der Waals surface area contributed by atoms with E-state index >= 15 is 0 Å². The first-order chi connectivity index (χ1) is 13.9. The number of hydrogen-bond donors (Lipinski definition) is 0. The van der Waals surface area contributed by atoms with Gasteiger partial charge in [0.2, 0.25) is 8.32 Å². The summed E-state index contributed by atoms with van der Waals surface area (Å²) >= 11 is 3.55. The summed E-state index contributed by atoms with van der Waals surface area (Å²) in [5.41, 5.74) is 2.43. The highest BCUT2D eigenvalue weighted by Crippen LogP contribution is 2.33. The molecule has 2 aromatic rings. The number of methoxy groups -OCH3 is 2. The summed E-state index contributed by atoms with van der Waals surface area (Å²) in [6.07, 6.45) is 0.897. The number of benzene rings is 2. The van der Waals surface area contributed by atoms with Crippen LogP contribution in [0.5, 0.6) is 17.2 Å². The Morgan fingerprint density at radius 1 is 0.833 bits per heavy atom. The van der Waals surface area contributed by atoms with Crippen LogP contribution >= 0.6 is 15.9 Å². The zero-order chi connectivity index (χ0) is 22.5. The van der Waals surface area contributed by atoms with Crippen LogP contribution in [0.15, 0.2) is 40.9 Å². The van der Waals surface area contributed by atoms with Crippen LogP contribution in [0, 0.1) is 0 Å². The van der Waals surface area contributed by atoms with Gasteiger partial charge in [0, 0.05) is 12.1 Å². The summed E-state index contributed by atoms with van der Waals surface area (Å²) in [5.74, 6) is 2.75. The molecule has 0 radical (unpaired) electrons. The number of hydrogen-bond acceptors (Lipinski definition) is 4. The zero-order valence-electron chi connectivity index (χ0n) is 19.6. The molecule has 0 fully saturated rings. The Morgan fingerprint density at radius 3 is 2.03 bits per heavy atom. The zero-order valence-corrected chi connectivity index (χ0v) is 23.2. The quantitative estimate of drug-likeness (QED) is 0.339. The Hall–Kier alpha value is -1.29. The minimum absolute atomic E-state index is 0.833. The van der Waals surface area contributed by atoms with Crippen molar-refractivity contribution in [1.82, 2.24) is 4.57 Å². The molecule has 2 aromatic carbocycles. The first-order valence-electron chi connectivity index (χ1n) is 10.4. The van der Waals surface area contributed by atoms with Crippen molar-refractivity contribution >= 4 is 32.5 Å². The fraction of sp³-hybridized carbons (Fsp3) is 0.478. The van der Waals surface area contributed by atoms with Gasteiger partial charge in [-0.2, -0.15) is 0 Å². The van der Waals surface area contributed by atoms with E-state index in [0.717, 1.165) is 46.8 Å². The van der Waals surface area contributed by atoms with Gasteiger partial charge < -0.3 is 18.5 Å². The fourth-order valence-corrected chi connectivity index (χ4v) is 6.07. The van der Waals surface area contributed by atoms with Gasteiger partial charge in [0.1, 0.15) is 25.5 Å². The van der Waals surface area contributed by atoms with E-state index in [4.69, 9.17) is 13.9 Å². The molecule has 2 rings (SSSR count). The monoisotopic (exact) mass is 509 g/mol. The Kier molecular flexibility index (Phi) is 8.62. The smallest absolute Gasteiger partial charge is 0.242 e. The van der Waals surface area contributed by atoms with Crippen molar-refractivity contribution in [3.05, 3.63) is 52.0 Å². The minimum atomic E-state index is -1.67. The average molecular weight is 511 g/mol. The molecule has 0 spiro atoms. The second kappa shape index (κ2) is 10.3. The van der Waals surface area contributed by atoms with Gasteiger partial charge in [-0.15, -0.1) is 0 Å². The Morgan fingerprint density at radius 2 is 1.47 bits per heavy atom. The van der Waals surface area contributed by atoms with Crippen LogP contribution in [0.1, 0.15) is 11.1 Å². The Labute approximate surface area is 192 Å². The van der Waals surface area contributed by atoms with Crippen LogP contribution in [0.4, 0.5) is 0 Å². The largest absolute Gasteiger partial charge is 0.544 e. The molecule has 0 atom stereocenters. The first kappa shape index (κ1) is 25.0. The summed E-state index contributed by atoms with van der Waals surface area (Å²) in [4.78, 5) is 0. The second-order valence-electron chi connectivity index (χ2n) is 9.46. The van der Waals surface area contributed by atoms with Crippen molar-refractivity contribution in [1.29, 1.82) is 0 Å². The highest BCUT2D eigenvalue weighted by Gasteiger charge is 2.26. The molecule has 30 heavy (non-hydrogen) atoms. The lowest BCUT2D eigenvalue weighted by atomic mass is 10.1. The molecule has 7 heteroatoms. The predicted octanol–water partition coefficient (Wildman–Crippen LogP) is 6.56. The molecular weight excluding hydrogens is 474 g/mol. The average Bonchev–Trinajstić information content (AvgIpc) is 2.64. The maximum Gasteiger partial charge on any atom is 0.242 e. The molecule has 0 heterocycles. The maximum atomic E-state index is 6.38. The molecule has 0 N–H and O–H groups in total. The lowest BCUT2D eigenvalue weighted by Gasteiger charge is -2.35. The van der Waals surface area contributed by atoms with Crippen molar-refractivity contribution in [2.24, 2.45) is 0 Å². The van der Waals surface area contributed by atoms with Crippen molar-refractivity contribution < 1.29 is 13.9 Å². The number of ether oxygens (including phenoxy) is 2. The second-order valence-corrected chi connectivity index (χ2v) is 19.7. The third-order valence-corrected chi connectivity index (χ3v) is 8.64. The van der Waals surface area contributed by atoms with E-state index in [1.165, 1.54) is 5.56 Å². The van der Waals surface area contributed by atoms with E-state index in [1.807, 2.05) is 6.07 Å². The van der Waals surface area contributed by atoms with E-state index in [0.29, 0.717) is 0 Å². The molecule has 4 nitrogen and oxygen atoms in total. The first-order valence-corrected chi connectivity index (χ1v) is 18.0. The molecule has 0 bridgehead atoms. The van der Waals surface area contributed by atoms with Gasteiger partial charge in [-0.3, -0.25) is 0 Å². The molecule has 0 saturated carbocycles. The van der Waals surface area contributed by atoms with E-state index in [-0.39, 0.29) is 0 Å². The van der Waals surface area contributed by atoms with E-state index in [9.17, 15) is 0 Å². The molecule has 0 unspecified atom stereocenters. The highest BCUT2D eigenvalue weighted by molar-refractivity contribution is 9.10. The summed E-state index contributed by atoms with van der Waals surface area (Å²) in [6, 6.07) is 12.6. The number of nitrogens with zero attached hydrogens (tertiary/aromatic N) is 1. The van der Waals surface area contributed by atoms with Crippen LogP contribution in [0.25, 0.3) is 0 Å². The van der Waals surface area contributed by atoms with Gasteiger partial charge in [-0.05, 0) is 72.3 Å². The summed E-state index contributed by atoms with van der Waals surface area (Å²) < 4.78 is 21.0. The molecule has 0 aromatic heterocycles. The van der Waals surface area contributed by atoms with Crippen LogP contribution in [-0.2, 0) is 13.0 Å². The van der Waals surface area contributed by atoms with Crippen LogP contribution in [-0.4, -0.2) is 41.9 Å². The lowest BCUT2D eigenvalue weighted by Crippen LogP contribution is -2.46. The van der Waals surface area contributed by atoms with Gasteiger partial charge in [0.15, 0.2) is 0 Å². The maximum absolute atomic E-state index is 6.38. The molecule has 0 aliphatic heterocycles. The van der Waals surface area contributed by atoms with Crippen LogP contribution < -0.4 is 13.9 Å². The predicted molar refractivity (Wildman–Crippen MR) is 135 cm³/mol. The summed E-state index contributed by atoms with van der Waals surface area (Å²) in [6.45, 7) is 15.7. The third-order valence-electron chi connectivity index (χ3n) is 4.90. The molecule has 0 aliphatic rings. The van der Waals surface area contributed by atoms with E-state index in [1.54, 1.807) is 14.2 Å². The standard InChI is InChI=1S/C23H36BrNO3Si2/c1-26-22-16-20(24)23(27-2)15-18(22)13-14-25(29(3,4)5)17-19-11-9-10-12-21(19)28-30(6,7)8/h9-12,15-16H,13-14,17H2,1-8H3. The Bertz CT molecular complexity index is 847. The number of para-hydroxylation sites is 1. The third kappa shape index (κ3) is 7.15. The van der Waals surface area contributed by atoms with Crippen LogP contribution in [0.2, 0.25) is 39.3 Å². The molecular formula is C23H36BrNO3Si2. The van der Waals surface area contributed by atoms with Crippen LogP contribution in [0.3, 0.4) is 0 Å². The molecule has 166 valence electrons. The van der Waals surface area contributed by atoms with Gasteiger partial charge in [-0.25, -0.2) is 0 Å². The van der Waals surface area contributed by atoms with Crippen molar-refractivity contribution in [3.8, 4) is 17.2 Å². The molecule has 0 amide bonds. The normalized spacial score (nSPS) is 12.2. The van der Waals surface area contributed by atoms with Crippen molar-refractivity contribution in [2.75, 3.05) is 20.8 Å². The number of halogens is 1. The van der Waals surface area contributed by atoms with Gasteiger partial charge >= 0.3 is 0 Å². The molecule has 0 aliphatic carbocycles. The Balaban J connectivity index is 2.26. The molecule has 0 saturated heterocycles. The SMILES string of the molecule is COc1cc(CCN(Cc2ccccc2O[Si](C)(C)C)[Si](C)(C)C)c(OC)cc1Br. The van der Waals surface area contributed by atoms with Gasteiger partial charge in [0.05, 0.1) is 18.7 Å². The minimum Gasteiger partial charge on any atom is -0.544 e. The van der Waals surface area contributed by atoms with E-state index < -0.39 is 16.6 Å². The highest BCUT2D eigenvalue weighted by atomic mass is 79.9. The summed E-state index contributed by atoms with van der Waals surface area (Å²) in [5, 5.41) is 0. The lowest BCUT2D eigenvalue weighted by molar-refractivity contribution is 0.385. The van der Waals surface area contributed by atoms with Crippen molar-refractivity contribution in [3.63, 3.8) is 0 Å². The van der Waals surface area contributed by atoms with Crippen molar-refractivity contribution in [2.45, 2.75) is 52.2 Å². The topological polar surface area (TPSA) is 30.9 Å². The van der Waals surface area contributed by atoms with E-state index in [2.05, 4.69) is 90.1 Å². The fourth-order valence-electron chi connectivity index (χ4n) is 3.30.